The molecule has 1 heteroatoms. The van der Waals surface area contributed by atoms with Crippen molar-refractivity contribution in [2.24, 2.45) is 5.92 Å². The molecule has 1 saturated heterocycles. The number of hydrogen-bond acceptors (Lipinski definition) is 1. The van der Waals surface area contributed by atoms with Gasteiger partial charge in [-0.2, -0.15) is 0 Å². The molecule has 9 heavy (non-hydrogen) atoms. The molecule has 1 atom stereocenters. The van der Waals surface area contributed by atoms with Gasteiger partial charge >= 0.3 is 0 Å². The average molecular weight is 123 g/mol. The summed E-state index contributed by atoms with van der Waals surface area (Å²) in [6, 6.07) is 0. The van der Waals surface area contributed by atoms with Crippen LogP contribution in [0.5, 0.6) is 0 Å². The second kappa shape index (κ2) is 3.53. The van der Waals surface area contributed by atoms with Gasteiger partial charge in [-0.25, -0.2) is 0 Å². The highest BCUT2D eigenvalue weighted by molar-refractivity contribution is 5.05. The Morgan fingerprint density at radius 3 is 3.11 bits per heavy atom. The van der Waals surface area contributed by atoms with E-state index in [2.05, 4.69) is 24.1 Å². The third-order valence-electron chi connectivity index (χ3n) is 1.54. The number of nitrogens with one attached hydrogen (secondary N) is 1. The van der Waals surface area contributed by atoms with Crippen LogP contribution in [0.1, 0.15) is 19.8 Å². The number of hydrogen-bond donors (Lipinski definition) is 1. The molecule has 1 unspecified atom stereocenters. The van der Waals surface area contributed by atoms with E-state index in [1.54, 1.807) is 0 Å². The van der Waals surface area contributed by atoms with Crippen LogP contribution in [-0.4, -0.2) is 13.1 Å². The van der Waals surface area contributed by atoms with Crippen molar-refractivity contribution in [3.05, 3.63) is 0 Å². The third-order valence-corrected chi connectivity index (χ3v) is 1.54. The maximum atomic E-state index is 3.28. The normalized spacial score (nSPS) is 25.2. The van der Waals surface area contributed by atoms with E-state index in [0.717, 1.165) is 19.5 Å². The van der Waals surface area contributed by atoms with Crippen molar-refractivity contribution < 1.29 is 0 Å². The van der Waals surface area contributed by atoms with Gasteiger partial charge in [-0.15, -0.1) is 5.92 Å². The minimum absolute atomic E-state index is 0.643. The quantitative estimate of drug-likeness (QED) is 0.474. The largest absolute Gasteiger partial charge is 0.315 e. The smallest absolute Gasteiger partial charge is 0.0339 e. The molecule has 0 spiro atoms. The summed E-state index contributed by atoms with van der Waals surface area (Å²) in [6.45, 7) is 4.35. The highest BCUT2D eigenvalue weighted by Crippen LogP contribution is 2.04. The van der Waals surface area contributed by atoms with Gasteiger partial charge in [0.15, 0.2) is 0 Å². The van der Waals surface area contributed by atoms with Gasteiger partial charge in [0.25, 0.3) is 0 Å². The van der Waals surface area contributed by atoms with Crippen molar-refractivity contribution in [3.63, 3.8) is 0 Å². The molecule has 50 valence electrons. The SMILES string of the molecule is CCC#CC1CCNC1. The molecule has 1 rings (SSSR count). The summed E-state index contributed by atoms with van der Waals surface area (Å²) in [5.74, 6) is 6.96. The highest BCUT2D eigenvalue weighted by atomic mass is 14.9. The first-order valence-electron chi connectivity index (χ1n) is 3.62. The van der Waals surface area contributed by atoms with E-state index in [0.29, 0.717) is 5.92 Å². The molecular formula is C8H13N. The minimum atomic E-state index is 0.643. The molecule has 0 aromatic rings. The van der Waals surface area contributed by atoms with E-state index in [4.69, 9.17) is 0 Å². The van der Waals surface area contributed by atoms with Crippen LogP contribution in [-0.2, 0) is 0 Å². The Morgan fingerprint density at radius 2 is 2.56 bits per heavy atom. The van der Waals surface area contributed by atoms with E-state index in [1.165, 1.54) is 6.42 Å². The summed E-state index contributed by atoms with van der Waals surface area (Å²) in [7, 11) is 0. The van der Waals surface area contributed by atoms with Crippen molar-refractivity contribution in [2.75, 3.05) is 13.1 Å². The molecule has 1 nitrogen and oxygen atoms in total. The summed E-state index contributed by atoms with van der Waals surface area (Å²) < 4.78 is 0. The second-order valence-electron chi connectivity index (χ2n) is 2.36. The van der Waals surface area contributed by atoms with Gasteiger partial charge in [0.2, 0.25) is 0 Å². The van der Waals surface area contributed by atoms with Crippen LogP contribution in [0.2, 0.25) is 0 Å². The van der Waals surface area contributed by atoms with Crippen molar-refractivity contribution in [1.82, 2.24) is 5.32 Å². The summed E-state index contributed by atoms with van der Waals surface area (Å²) in [5.41, 5.74) is 0. The molecule has 0 radical (unpaired) electrons. The summed E-state index contributed by atoms with van der Waals surface area (Å²) >= 11 is 0. The van der Waals surface area contributed by atoms with Gasteiger partial charge in [-0.3, -0.25) is 0 Å². The van der Waals surface area contributed by atoms with Crippen LogP contribution in [0.25, 0.3) is 0 Å². The van der Waals surface area contributed by atoms with Crippen molar-refractivity contribution >= 4 is 0 Å². The van der Waals surface area contributed by atoms with Crippen LogP contribution in [0, 0.1) is 17.8 Å². The second-order valence-corrected chi connectivity index (χ2v) is 2.36. The van der Waals surface area contributed by atoms with Gasteiger partial charge in [0.1, 0.15) is 0 Å². The molecule has 0 saturated carbocycles. The fourth-order valence-electron chi connectivity index (χ4n) is 1.02. The van der Waals surface area contributed by atoms with E-state index in [-0.39, 0.29) is 0 Å². The molecule has 0 bridgehead atoms. The first-order chi connectivity index (χ1) is 4.43. The molecule has 1 aliphatic heterocycles. The summed E-state index contributed by atoms with van der Waals surface area (Å²) in [5, 5.41) is 3.28. The van der Waals surface area contributed by atoms with E-state index in [9.17, 15) is 0 Å². The maximum Gasteiger partial charge on any atom is 0.0339 e. The molecular weight excluding hydrogens is 110 g/mol. The Bertz CT molecular complexity index is 123. The lowest BCUT2D eigenvalue weighted by molar-refractivity contribution is 0.754. The lowest BCUT2D eigenvalue weighted by atomic mass is 10.1. The van der Waals surface area contributed by atoms with E-state index >= 15 is 0 Å². The Balaban J connectivity index is 2.26. The van der Waals surface area contributed by atoms with E-state index < -0.39 is 0 Å². The molecule has 0 aromatic heterocycles. The summed E-state index contributed by atoms with van der Waals surface area (Å²) in [6.07, 6.45) is 2.24. The Kier molecular flexibility index (Phi) is 2.60. The van der Waals surface area contributed by atoms with Gasteiger partial charge in [-0.05, 0) is 13.0 Å². The van der Waals surface area contributed by atoms with Crippen molar-refractivity contribution in [2.45, 2.75) is 19.8 Å². The van der Waals surface area contributed by atoms with Crippen molar-refractivity contribution in [3.8, 4) is 11.8 Å². The molecule has 1 N–H and O–H groups in total. The predicted octanol–water partition coefficient (Wildman–Crippen LogP) is 1.01. The lowest BCUT2D eigenvalue weighted by Crippen LogP contribution is -2.07. The van der Waals surface area contributed by atoms with Gasteiger partial charge in [0, 0.05) is 18.9 Å². The minimum Gasteiger partial charge on any atom is -0.315 e. The van der Waals surface area contributed by atoms with Crippen LogP contribution < -0.4 is 5.32 Å². The standard InChI is InChI=1S/C8H13N/c1-2-3-4-8-5-6-9-7-8/h8-9H,2,5-7H2,1H3. The molecule has 0 aliphatic carbocycles. The fraction of sp³-hybridized carbons (Fsp3) is 0.750. The molecule has 1 aliphatic rings. The lowest BCUT2D eigenvalue weighted by Gasteiger charge is -1.92. The highest BCUT2D eigenvalue weighted by Gasteiger charge is 2.09. The Hall–Kier alpha value is -0.480. The Labute approximate surface area is 56.8 Å². The first kappa shape index (κ1) is 6.64. The van der Waals surface area contributed by atoms with E-state index in [1.807, 2.05) is 0 Å². The average Bonchev–Trinajstić information content (AvgIpc) is 2.34. The van der Waals surface area contributed by atoms with Crippen LogP contribution in [0.15, 0.2) is 0 Å². The first-order valence-corrected chi connectivity index (χ1v) is 3.62. The zero-order valence-corrected chi connectivity index (χ0v) is 5.91. The zero-order valence-electron chi connectivity index (χ0n) is 5.91. The molecule has 0 amide bonds. The van der Waals surface area contributed by atoms with Crippen molar-refractivity contribution in [1.29, 1.82) is 0 Å². The fourth-order valence-corrected chi connectivity index (χ4v) is 1.02. The Morgan fingerprint density at radius 1 is 1.67 bits per heavy atom. The van der Waals surface area contributed by atoms with Crippen LogP contribution in [0.4, 0.5) is 0 Å². The van der Waals surface area contributed by atoms with Gasteiger partial charge < -0.3 is 5.32 Å². The number of rotatable bonds is 0. The van der Waals surface area contributed by atoms with Crippen LogP contribution >= 0.6 is 0 Å². The third kappa shape index (κ3) is 2.07. The summed E-state index contributed by atoms with van der Waals surface area (Å²) in [4.78, 5) is 0. The van der Waals surface area contributed by atoms with Crippen LogP contribution in [0.3, 0.4) is 0 Å². The topological polar surface area (TPSA) is 12.0 Å². The molecule has 1 fully saturated rings. The monoisotopic (exact) mass is 123 g/mol. The maximum absolute atomic E-state index is 3.28. The molecule has 1 heterocycles. The molecule has 0 aromatic carbocycles. The van der Waals surface area contributed by atoms with Gasteiger partial charge in [-0.1, -0.05) is 12.8 Å². The van der Waals surface area contributed by atoms with Gasteiger partial charge in [0.05, 0.1) is 0 Å². The zero-order chi connectivity index (χ0) is 6.53. The predicted molar refractivity (Wildman–Crippen MR) is 39.0 cm³/mol.